The van der Waals surface area contributed by atoms with Crippen molar-refractivity contribution >= 4 is 16.9 Å². The summed E-state index contributed by atoms with van der Waals surface area (Å²) in [5.74, 6) is -0.341. The molecule has 0 aliphatic rings. The third-order valence-corrected chi connectivity index (χ3v) is 9.13. The number of unbranched alkanes of at least 4 members (excludes halogenated alkanes) is 24. The average Bonchev–Trinajstić information content (AvgIpc) is 3.03. The molecule has 1 N–H and O–H groups in total. The van der Waals surface area contributed by atoms with Crippen molar-refractivity contribution in [1.82, 2.24) is 4.98 Å². The van der Waals surface area contributed by atoms with E-state index in [4.69, 9.17) is 4.74 Å². The number of hydrogen-bond acceptors (Lipinski definition) is 3. The van der Waals surface area contributed by atoms with Gasteiger partial charge in [0.15, 0.2) is 5.69 Å². The smallest absolute Gasteiger partial charge is 0.354 e. The van der Waals surface area contributed by atoms with Gasteiger partial charge in [-0.05, 0) is 37.0 Å². The number of rotatable bonds is 30. The first-order valence-electron chi connectivity index (χ1n) is 19.0. The second-order valence-corrected chi connectivity index (χ2v) is 13.2. The molecule has 250 valence electrons. The quantitative estimate of drug-likeness (QED) is 0.0895. The Morgan fingerprint density at radius 1 is 0.591 bits per heavy atom. The number of aromatic nitrogens is 1. The lowest BCUT2D eigenvalue weighted by Gasteiger charge is -2.12. The Hall–Kier alpha value is -2.10. The average molecular weight is 610 g/mol. The topological polar surface area (TPSA) is 59.4 Å². The first-order valence-corrected chi connectivity index (χ1v) is 19.0. The lowest BCUT2D eigenvalue weighted by atomic mass is 10.0. The molecule has 0 saturated carbocycles. The first kappa shape index (κ1) is 38.1. The summed E-state index contributed by atoms with van der Waals surface area (Å²) in [5, 5.41) is 10.5. The Balaban J connectivity index is 1.62. The van der Waals surface area contributed by atoms with Crippen LogP contribution in [0, 0.1) is 0 Å². The summed E-state index contributed by atoms with van der Waals surface area (Å²) in [6.45, 7) is 5.18. The van der Waals surface area contributed by atoms with E-state index in [0.717, 1.165) is 24.6 Å². The van der Waals surface area contributed by atoms with Crippen molar-refractivity contribution in [3.05, 3.63) is 35.5 Å². The predicted molar refractivity (Wildman–Crippen MR) is 189 cm³/mol. The first-order chi connectivity index (χ1) is 21.7. The number of aromatic carboxylic acids is 1. The van der Waals surface area contributed by atoms with E-state index < -0.39 is 5.97 Å². The molecule has 0 bridgehead atoms. The summed E-state index contributed by atoms with van der Waals surface area (Å²) in [6.07, 6.45) is 36.0. The van der Waals surface area contributed by atoms with Crippen LogP contribution in [0.5, 0.6) is 5.75 Å². The molecule has 0 aliphatic carbocycles. The molecule has 0 aliphatic heterocycles. The van der Waals surface area contributed by atoms with Crippen LogP contribution in [-0.2, 0) is 6.42 Å². The van der Waals surface area contributed by atoms with Gasteiger partial charge < -0.3 is 9.84 Å². The van der Waals surface area contributed by atoms with Crippen molar-refractivity contribution in [3.8, 4) is 5.75 Å². The highest BCUT2D eigenvalue weighted by atomic mass is 16.5. The maximum absolute atomic E-state index is 11.7. The molecule has 4 heteroatoms. The van der Waals surface area contributed by atoms with Crippen LogP contribution < -0.4 is 4.74 Å². The molecular weight excluding hydrogens is 542 g/mol. The summed E-state index contributed by atoms with van der Waals surface area (Å²) in [4.78, 5) is 16.1. The van der Waals surface area contributed by atoms with E-state index in [-0.39, 0.29) is 5.69 Å². The lowest BCUT2D eigenvalue weighted by Crippen LogP contribution is -2.04. The monoisotopic (exact) mass is 610 g/mol. The molecule has 2 aromatic rings. The van der Waals surface area contributed by atoms with Crippen LogP contribution in [0.25, 0.3) is 10.9 Å². The van der Waals surface area contributed by atoms with Crippen LogP contribution in [0.4, 0.5) is 0 Å². The van der Waals surface area contributed by atoms with E-state index in [0.29, 0.717) is 17.9 Å². The van der Waals surface area contributed by atoms with Gasteiger partial charge in [-0.15, -0.1) is 0 Å². The molecule has 1 heterocycles. The van der Waals surface area contributed by atoms with Gasteiger partial charge in [0.05, 0.1) is 12.1 Å². The number of ether oxygens (including phenoxy) is 1. The predicted octanol–water partition coefficient (Wildman–Crippen LogP) is 13.0. The maximum Gasteiger partial charge on any atom is 0.354 e. The molecule has 0 fully saturated rings. The fourth-order valence-electron chi connectivity index (χ4n) is 6.28. The van der Waals surface area contributed by atoms with Crippen LogP contribution in [0.3, 0.4) is 0 Å². The number of hydrogen-bond donors (Lipinski definition) is 1. The maximum atomic E-state index is 11.7. The third kappa shape index (κ3) is 18.0. The van der Waals surface area contributed by atoms with E-state index in [1.165, 1.54) is 160 Å². The lowest BCUT2D eigenvalue weighted by molar-refractivity contribution is 0.0690. The molecule has 2 rings (SSSR count). The highest BCUT2D eigenvalue weighted by Crippen LogP contribution is 2.28. The van der Waals surface area contributed by atoms with Crippen LogP contribution in [0.15, 0.2) is 24.3 Å². The summed E-state index contributed by atoms with van der Waals surface area (Å²) in [5.41, 5.74) is 2.05. The number of carbonyl (C=O) groups is 1. The standard InChI is InChI=1S/C40H67NO3/c1-3-5-7-9-11-13-15-16-17-18-19-20-22-24-26-28-32-44-39-34-38(40(42)43)41-37-31-30-35(33-36(37)39)29-27-25-23-21-14-12-10-8-6-4-2/h30-31,33-34H,3-29,32H2,1-2H3,(H,42,43). The van der Waals surface area contributed by atoms with Gasteiger partial charge in [0.2, 0.25) is 0 Å². The van der Waals surface area contributed by atoms with E-state index in [1.807, 2.05) is 6.07 Å². The van der Waals surface area contributed by atoms with Crippen molar-refractivity contribution in [2.75, 3.05) is 6.61 Å². The Kier molecular flexibility index (Phi) is 22.6. The largest absolute Gasteiger partial charge is 0.493 e. The number of nitrogens with zero attached hydrogens (tertiary/aromatic N) is 1. The molecule has 44 heavy (non-hydrogen) atoms. The molecule has 1 aromatic heterocycles. The molecule has 0 unspecified atom stereocenters. The zero-order chi connectivity index (χ0) is 31.5. The third-order valence-electron chi connectivity index (χ3n) is 9.13. The Labute approximate surface area is 271 Å². The zero-order valence-electron chi connectivity index (χ0n) is 28.8. The fourth-order valence-corrected chi connectivity index (χ4v) is 6.28. The highest BCUT2D eigenvalue weighted by Gasteiger charge is 2.13. The second-order valence-electron chi connectivity index (χ2n) is 13.2. The van der Waals surface area contributed by atoms with E-state index >= 15 is 0 Å². The van der Waals surface area contributed by atoms with Gasteiger partial charge in [0, 0.05) is 11.5 Å². The molecule has 0 spiro atoms. The number of carboxylic acid groups (broad SMARTS) is 1. The number of benzene rings is 1. The van der Waals surface area contributed by atoms with Gasteiger partial charge in [0.1, 0.15) is 5.75 Å². The minimum absolute atomic E-state index is 0.0573. The minimum Gasteiger partial charge on any atom is -0.493 e. The number of pyridine rings is 1. The molecule has 4 nitrogen and oxygen atoms in total. The summed E-state index contributed by atoms with van der Waals surface area (Å²) < 4.78 is 6.19. The van der Waals surface area contributed by atoms with Crippen molar-refractivity contribution < 1.29 is 14.6 Å². The van der Waals surface area contributed by atoms with Crippen LogP contribution in [0.1, 0.15) is 197 Å². The molecular formula is C40H67NO3. The number of carboxylic acids is 1. The van der Waals surface area contributed by atoms with Crippen molar-refractivity contribution in [3.63, 3.8) is 0 Å². The summed E-state index contributed by atoms with van der Waals surface area (Å²) in [6, 6.07) is 7.86. The van der Waals surface area contributed by atoms with Gasteiger partial charge in [-0.1, -0.05) is 174 Å². The molecule has 0 atom stereocenters. The Morgan fingerprint density at radius 2 is 1.02 bits per heavy atom. The SMILES string of the molecule is CCCCCCCCCCCCCCCCCCOc1cc(C(=O)O)nc2ccc(CCCCCCCCCCCC)cc12. The van der Waals surface area contributed by atoms with Crippen LogP contribution >= 0.6 is 0 Å². The second kappa shape index (κ2) is 26.1. The molecule has 0 saturated heterocycles. The fraction of sp³-hybridized carbons (Fsp3) is 0.750. The Morgan fingerprint density at radius 3 is 1.48 bits per heavy atom. The van der Waals surface area contributed by atoms with E-state index in [1.54, 1.807) is 6.07 Å². The zero-order valence-corrected chi connectivity index (χ0v) is 28.8. The van der Waals surface area contributed by atoms with Gasteiger partial charge in [-0.3, -0.25) is 0 Å². The van der Waals surface area contributed by atoms with Crippen molar-refractivity contribution in [2.24, 2.45) is 0 Å². The van der Waals surface area contributed by atoms with Gasteiger partial charge in [0.25, 0.3) is 0 Å². The summed E-state index contributed by atoms with van der Waals surface area (Å²) >= 11 is 0. The molecule has 0 radical (unpaired) electrons. The van der Waals surface area contributed by atoms with E-state index in [9.17, 15) is 9.90 Å². The van der Waals surface area contributed by atoms with Crippen molar-refractivity contribution in [2.45, 2.75) is 187 Å². The normalized spacial score (nSPS) is 11.4. The Bertz CT molecular complexity index is 988. The molecule has 1 aromatic carbocycles. The number of aryl methyl sites for hydroxylation is 1. The van der Waals surface area contributed by atoms with Crippen molar-refractivity contribution in [1.29, 1.82) is 0 Å². The van der Waals surface area contributed by atoms with Gasteiger partial charge in [-0.2, -0.15) is 0 Å². The van der Waals surface area contributed by atoms with Gasteiger partial charge in [-0.25, -0.2) is 9.78 Å². The minimum atomic E-state index is -1.01. The van der Waals surface area contributed by atoms with Crippen LogP contribution in [0.2, 0.25) is 0 Å². The summed E-state index contributed by atoms with van der Waals surface area (Å²) in [7, 11) is 0. The highest BCUT2D eigenvalue weighted by molar-refractivity contribution is 5.93. The van der Waals surface area contributed by atoms with E-state index in [2.05, 4.69) is 31.0 Å². The molecule has 0 amide bonds. The van der Waals surface area contributed by atoms with Crippen LogP contribution in [-0.4, -0.2) is 22.7 Å². The van der Waals surface area contributed by atoms with Gasteiger partial charge >= 0.3 is 5.97 Å². The number of fused-ring (bicyclic) bond motifs is 1.